The summed E-state index contributed by atoms with van der Waals surface area (Å²) in [5.41, 5.74) is 2.15. The Morgan fingerprint density at radius 3 is 2.37 bits per heavy atom. The zero-order valence-electron chi connectivity index (χ0n) is 16.8. The number of sulfonamides is 1. The van der Waals surface area contributed by atoms with Crippen molar-refractivity contribution < 1.29 is 13.2 Å². The Labute approximate surface area is 183 Å². The molecule has 4 rings (SSSR count). The number of piperazine rings is 1. The SMILES string of the molecule is O=C(c1cc(N2CCCCS2(=O)=O)ccc1Cl)N1CCN(Cc2ccccc2)CC1. The Morgan fingerprint density at radius 2 is 1.67 bits per heavy atom. The third-order valence-corrected chi connectivity index (χ3v) is 7.93. The number of halogens is 1. The van der Waals surface area contributed by atoms with Gasteiger partial charge in [0.15, 0.2) is 0 Å². The zero-order chi connectivity index (χ0) is 21.1. The summed E-state index contributed by atoms with van der Waals surface area (Å²) in [6.07, 6.45) is 1.49. The number of hydrogen-bond acceptors (Lipinski definition) is 4. The first-order chi connectivity index (χ1) is 14.4. The van der Waals surface area contributed by atoms with Gasteiger partial charge in [0.2, 0.25) is 10.0 Å². The molecule has 2 heterocycles. The number of carbonyl (C=O) groups is 1. The van der Waals surface area contributed by atoms with Crippen LogP contribution in [0.2, 0.25) is 5.02 Å². The Morgan fingerprint density at radius 1 is 0.933 bits per heavy atom. The second-order valence-corrected chi connectivity index (χ2v) is 10.2. The third kappa shape index (κ3) is 4.63. The summed E-state index contributed by atoms with van der Waals surface area (Å²) in [6.45, 7) is 4.13. The summed E-state index contributed by atoms with van der Waals surface area (Å²) in [7, 11) is -3.34. The first-order valence-corrected chi connectivity index (χ1v) is 12.3. The van der Waals surface area contributed by atoms with Crippen molar-refractivity contribution in [3.8, 4) is 0 Å². The monoisotopic (exact) mass is 447 g/mol. The summed E-state index contributed by atoms with van der Waals surface area (Å²) < 4.78 is 26.3. The van der Waals surface area contributed by atoms with E-state index in [0.717, 1.165) is 26.1 Å². The minimum absolute atomic E-state index is 0.141. The molecule has 0 aromatic heterocycles. The van der Waals surface area contributed by atoms with Gasteiger partial charge in [0.25, 0.3) is 5.91 Å². The van der Waals surface area contributed by atoms with Crippen LogP contribution in [-0.4, -0.2) is 62.6 Å². The highest BCUT2D eigenvalue weighted by molar-refractivity contribution is 7.92. The molecule has 0 atom stereocenters. The lowest BCUT2D eigenvalue weighted by atomic mass is 10.1. The normalized spacial score (nSPS) is 19.6. The minimum Gasteiger partial charge on any atom is -0.336 e. The van der Waals surface area contributed by atoms with Gasteiger partial charge in [0.1, 0.15) is 0 Å². The fraction of sp³-hybridized carbons (Fsp3) is 0.409. The van der Waals surface area contributed by atoms with Crippen LogP contribution in [0.4, 0.5) is 5.69 Å². The molecule has 30 heavy (non-hydrogen) atoms. The fourth-order valence-corrected chi connectivity index (χ4v) is 5.86. The first kappa shape index (κ1) is 21.2. The maximum absolute atomic E-state index is 13.1. The van der Waals surface area contributed by atoms with E-state index in [1.165, 1.54) is 9.87 Å². The number of nitrogens with zero attached hydrogens (tertiary/aromatic N) is 3. The fourth-order valence-electron chi connectivity index (χ4n) is 4.03. The predicted octanol–water partition coefficient (Wildman–Crippen LogP) is 3.23. The molecule has 2 aliphatic rings. The topological polar surface area (TPSA) is 60.9 Å². The number of hydrogen-bond donors (Lipinski definition) is 0. The van der Waals surface area contributed by atoms with Gasteiger partial charge in [-0.2, -0.15) is 0 Å². The standard InChI is InChI=1S/C22H26ClN3O3S/c23-21-9-8-19(26-10-4-5-15-30(26,28)29)16-20(21)22(27)25-13-11-24(12-14-25)17-18-6-2-1-3-7-18/h1-3,6-9,16H,4-5,10-15,17H2. The molecule has 0 unspecified atom stereocenters. The average Bonchev–Trinajstić information content (AvgIpc) is 2.75. The van der Waals surface area contributed by atoms with E-state index in [1.807, 2.05) is 18.2 Å². The molecule has 2 fully saturated rings. The van der Waals surface area contributed by atoms with Crippen LogP contribution >= 0.6 is 11.6 Å². The molecule has 6 nitrogen and oxygen atoms in total. The molecule has 2 aromatic carbocycles. The number of amides is 1. The van der Waals surface area contributed by atoms with Gasteiger partial charge in [-0.3, -0.25) is 14.0 Å². The molecule has 1 amide bonds. The summed E-state index contributed by atoms with van der Waals surface area (Å²) in [6, 6.07) is 15.2. The molecule has 0 spiro atoms. The Bertz CT molecular complexity index is 1010. The summed E-state index contributed by atoms with van der Waals surface area (Å²) in [4.78, 5) is 17.3. The second-order valence-electron chi connectivity index (χ2n) is 7.81. The van der Waals surface area contributed by atoms with Gasteiger partial charge in [-0.05, 0) is 36.6 Å². The smallest absolute Gasteiger partial charge is 0.255 e. The van der Waals surface area contributed by atoms with Crippen LogP contribution < -0.4 is 4.31 Å². The van der Waals surface area contributed by atoms with Crippen molar-refractivity contribution in [2.45, 2.75) is 19.4 Å². The maximum Gasteiger partial charge on any atom is 0.255 e. The third-order valence-electron chi connectivity index (χ3n) is 5.73. The van der Waals surface area contributed by atoms with Crippen LogP contribution in [-0.2, 0) is 16.6 Å². The molecule has 2 aromatic rings. The van der Waals surface area contributed by atoms with Gasteiger partial charge in [0, 0.05) is 39.3 Å². The molecule has 0 N–H and O–H groups in total. The van der Waals surface area contributed by atoms with Crippen LogP contribution in [0.15, 0.2) is 48.5 Å². The van der Waals surface area contributed by atoms with Gasteiger partial charge >= 0.3 is 0 Å². The average molecular weight is 448 g/mol. The van der Waals surface area contributed by atoms with Crippen molar-refractivity contribution in [1.82, 2.24) is 9.80 Å². The van der Waals surface area contributed by atoms with E-state index in [0.29, 0.717) is 42.3 Å². The largest absolute Gasteiger partial charge is 0.336 e. The van der Waals surface area contributed by atoms with Crippen molar-refractivity contribution in [3.05, 3.63) is 64.7 Å². The molecule has 0 aliphatic carbocycles. The van der Waals surface area contributed by atoms with Crippen molar-refractivity contribution in [1.29, 1.82) is 0 Å². The highest BCUT2D eigenvalue weighted by atomic mass is 35.5. The Hall–Kier alpha value is -2.09. The van der Waals surface area contributed by atoms with Crippen molar-refractivity contribution in [2.24, 2.45) is 0 Å². The van der Waals surface area contributed by atoms with Crippen LogP contribution in [0, 0.1) is 0 Å². The van der Waals surface area contributed by atoms with Crippen LogP contribution in [0.5, 0.6) is 0 Å². The van der Waals surface area contributed by atoms with Gasteiger partial charge in [0.05, 0.1) is 22.0 Å². The second kappa shape index (κ2) is 8.96. The number of rotatable bonds is 4. The molecular weight excluding hydrogens is 422 g/mol. The van der Waals surface area contributed by atoms with E-state index >= 15 is 0 Å². The van der Waals surface area contributed by atoms with E-state index < -0.39 is 10.0 Å². The number of anilines is 1. The van der Waals surface area contributed by atoms with E-state index in [1.54, 1.807) is 23.1 Å². The molecule has 0 radical (unpaired) electrons. The molecular formula is C22H26ClN3O3S. The molecule has 2 saturated heterocycles. The number of carbonyl (C=O) groups excluding carboxylic acids is 1. The summed E-state index contributed by atoms with van der Waals surface area (Å²) >= 11 is 6.33. The molecule has 0 saturated carbocycles. The van der Waals surface area contributed by atoms with Gasteiger partial charge in [-0.25, -0.2) is 8.42 Å². The van der Waals surface area contributed by atoms with Crippen LogP contribution in [0.1, 0.15) is 28.8 Å². The van der Waals surface area contributed by atoms with Gasteiger partial charge < -0.3 is 4.90 Å². The lowest BCUT2D eigenvalue weighted by Crippen LogP contribution is -2.48. The summed E-state index contributed by atoms with van der Waals surface area (Å²) in [5.74, 6) is -0.00179. The minimum atomic E-state index is -3.34. The lowest BCUT2D eigenvalue weighted by molar-refractivity contribution is 0.0628. The quantitative estimate of drug-likeness (QED) is 0.722. The number of benzene rings is 2. The van der Waals surface area contributed by atoms with E-state index in [2.05, 4.69) is 17.0 Å². The summed E-state index contributed by atoms with van der Waals surface area (Å²) in [5, 5.41) is 0.352. The van der Waals surface area contributed by atoms with Crippen molar-refractivity contribution in [3.63, 3.8) is 0 Å². The van der Waals surface area contributed by atoms with E-state index in [-0.39, 0.29) is 11.7 Å². The van der Waals surface area contributed by atoms with Gasteiger partial charge in [-0.15, -0.1) is 0 Å². The van der Waals surface area contributed by atoms with E-state index in [9.17, 15) is 13.2 Å². The van der Waals surface area contributed by atoms with Gasteiger partial charge in [-0.1, -0.05) is 41.9 Å². The zero-order valence-corrected chi connectivity index (χ0v) is 18.4. The van der Waals surface area contributed by atoms with Crippen LogP contribution in [0.25, 0.3) is 0 Å². The highest BCUT2D eigenvalue weighted by Crippen LogP contribution is 2.29. The molecule has 160 valence electrons. The maximum atomic E-state index is 13.1. The Balaban J connectivity index is 1.45. The lowest BCUT2D eigenvalue weighted by Gasteiger charge is -2.35. The predicted molar refractivity (Wildman–Crippen MR) is 119 cm³/mol. The highest BCUT2D eigenvalue weighted by Gasteiger charge is 2.28. The molecule has 8 heteroatoms. The van der Waals surface area contributed by atoms with Crippen molar-refractivity contribution in [2.75, 3.05) is 42.8 Å². The molecule has 0 bridgehead atoms. The first-order valence-electron chi connectivity index (χ1n) is 10.3. The van der Waals surface area contributed by atoms with E-state index in [4.69, 9.17) is 11.6 Å². The van der Waals surface area contributed by atoms with Crippen LogP contribution in [0.3, 0.4) is 0 Å². The Kier molecular flexibility index (Phi) is 6.32. The molecule has 2 aliphatic heterocycles. The van der Waals surface area contributed by atoms with Crippen molar-refractivity contribution >= 4 is 33.2 Å².